The second kappa shape index (κ2) is 8.80. The number of carbonyl (C=O) groups is 1. The van der Waals surface area contributed by atoms with E-state index < -0.39 is 57.1 Å². The summed E-state index contributed by atoms with van der Waals surface area (Å²) in [5.74, 6) is -1.80. The first-order valence-corrected chi connectivity index (χ1v) is 15.2. The van der Waals surface area contributed by atoms with E-state index in [1.807, 2.05) is 0 Å². The molecule has 10 nitrogen and oxygen atoms in total. The van der Waals surface area contributed by atoms with Gasteiger partial charge in [-0.15, -0.1) is 0 Å². The van der Waals surface area contributed by atoms with Crippen molar-refractivity contribution >= 4 is 41.1 Å². The minimum absolute atomic E-state index is 0.0335. The monoisotopic (exact) mass is 523 g/mol. The Morgan fingerprint density at radius 2 is 1.61 bits per heavy atom. The van der Waals surface area contributed by atoms with Crippen LogP contribution in [0.1, 0.15) is 40.2 Å². The van der Waals surface area contributed by atoms with Crippen molar-refractivity contribution in [2.75, 3.05) is 24.1 Å². The minimum Gasteiger partial charge on any atom is -0.321 e. The zero-order valence-electron chi connectivity index (χ0n) is 18.9. The van der Waals surface area contributed by atoms with Crippen molar-refractivity contribution in [2.24, 2.45) is 7.05 Å². The average Bonchev–Trinajstić information content (AvgIpc) is 2.89. The van der Waals surface area contributed by atoms with Gasteiger partial charge in [-0.2, -0.15) is 9.49 Å². The molecule has 184 valence electrons. The van der Waals surface area contributed by atoms with Gasteiger partial charge in [-0.25, -0.2) is 29.9 Å². The van der Waals surface area contributed by atoms with Crippen LogP contribution >= 0.6 is 0 Å². The predicted octanol–water partition coefficient (Wildman–Crippen LogP) is 1.40. The molecule has 14 heteroatoms. The molecule has 0 spiro atoms. The highest BCUT2D eigenvalue weighted by Gasteiger charge is 2.49. The van der Waals surface area contributed by atoms with Crippen LogP contribution in [0.4, 0.5) is 10.1 Å². The Hall–Kier alpha value is -2.32. The number of para-hydroxylation sites is 1. The first kappa shape index (κ1) is 26.9. The van der Waals surface area contributed by atoms with Crippen LogP contribution in [0.2, 0.25) is 0 Å². The fourth-order valence-corrected chi connectivity index (χ4v) is 8.02. The molecule has 1 N–H and O–H groups in total. The molecule has 1 amide bonds. The molecule has 1 heterocycles. The lowest BCUT2D eigenvalue weighted by Gasteiger charge is -2.30. The summed E-state index contributed by atoms with van der Waals surface area (Å²) >= 11 is 0. The topological polar surface area (TPSA) is 149 Å². The number of amides is 1. The summed E-state index contributed by atoms with van der Waals surface area (Å²) in [5, 5.41) is 4.66. The second-order valence-corrected chi connectivity index (χ2v) is 15.5. The molecule has 0 aliphatic heterocycles. The molecule has 1 atom stereocenters. The smallest absolute Gasteiger partial charge is 0.262 e. The number of sulfone groups is 3. The third-order valence-corrected chi connectivity index (χ3v) is 12.3. The molecule has 1 aromatic carbocycles. The van der Waals surface area contributed by atoms with Gasteiger partial charge in [0.1, 0.15) is 5.56 Å². The van der Waals surface area contributed by atoms with Crippen molar-refractivity contribution < 1.29 is 34.4 Å². The van der Waals surface area contributed by atoms with Crippen molar-refractivity contribution in [2.45, 2.75) is 29.6 Å². The molecule has 0 fully saturated rings. The highest BCUT2D eigenvalue weighted by Crippen LogP contribution is 2.40. The van der Waals surface area contributed by atoms with Crippen LogP contribution in [-0.4, -0.2) is 63.8 Å². The lowest BCUT2D eigenvalue weighted by atomic mass is 10.0. The van der Waals surface area contributed by atoms with E-state index in [0.29, 0.717) is 0 Å². The van der Waals surface area contributed by atoms with Gasteiger partial charge in [0.15, 0.2) is 33.6 Å². The summed E-state index contributed by atoms with van der Waals surface area (Å²) in [7, 11) is -11.3. The first-order chi connectivity index (χ1) is 14.8. The zero-order valence-corrected chi connectivity index (χ0v) is 21.4. The van der Waals surface area contributed by atoms with Gasteiger partial charge in [-0.1, -0.05) is 18.2 Å². The van der Waals surface area contributed by atoms with Gasteiger partial charge in [-0.05, 0) is 25.5 Å². The predicted molar refractivity (Wildman–Crippen MR) is 123 cm³/mol. The van der Waals surface area contributed by atoms with Crippen LogP contribution in [0, 0.1) is 12.9 Å². The average molecular weight is 524 g/mol. The standard InChI is InChI=1S/C19H26FN3O7S3/c1-12-16(17(20)23(3)22-12)18(24)21-14-10-8-7-9-13(14)15(31(4,25)26)11-19(2,32(5,27)28)33(6,29)30/h7-10,15H,11H2,1-6H3,(H,21,24). The molecule has 1 aromatic heterocycles. The zero-order chi connectivity index (χ0) is 25.6. The normalized spacial score (nSPS) is 14.2. The molecule has 2 rings (SSSR count). The van der Waals surface area contributed by atoms with Crippen LogP contribution in [0.3, 0.4) is 0 Å². The van der Waals surface area contributed by atoms with Gasteiger partial charge in [0, 0.05) is 37.9 Å². The van der Waals surface area contributed by atoms with Crippen molar-refractivity contribution in [1.82, 2.24) is 9.78 Å². The Balaban J connectivity index is 2.65. The number of halogens is 1. The number of anilines is 1. The van der Waals surface area contributed by atoms with Crippen LogP contribution in [0.15, 0.2) is 24.3 Å². The maximum absolute atomic E-state index is 14.3. The fourth-order valence-electron chi connectivity index (χ4n) is 3.37. The lowest BCUT2D eigenvalue weighted by molar-refractivity contribution is 0.102. The van der Waals surface area contributed by atoms with E-state index in [4.69, 9.17) is 0 Å². The van der Waals surface area contributed by atoms with Crippen LogP contribution in [0.25, 0.3) is 0 Å². The number of carbonyl (C=O) groups excluding carboxylic acids is 1. The van der Waals surface area contributed by atoms with Gasteiger partial charge in [0.05, 0.1) is 10.9 Å². The molecule has 0 saturated heterocycles. The molecule has 33 heavy (non-hydrogen) atoms. The number of benzene rings is 1. The Morgan fingerprint density at radius 1 is 1.09 bits per heavy atom. The largest absolute Gasteiger partial charge is 0.321 e. The van der Waals surface area contributed by atoms with E-state index in [1.54, 1.807) is 0 Å². The Bertz CT molecular complexity index is 1380. The fraction of sp³-hybridized carbons (Fsp3) is 0.474. The van der Waals surface area contributed by atoms with Gasteiger partial charge in [0.25, 0.3) is 5.91 Å². The van der Waals surface area contributed by atoms with Gasteiger partial charge >= 0.3 is 0 Å². The highest BCUT2D eigenvalue weighted by atomic mass is 32.3. The molecule has 0 radical (unpaired) electrons. The molecular formula is C19H26FN3O7S3. The summed E-state index contributed by atoms with van der Waals surface area (Å²) in [4.78, 5) is 12.8. The highest BCUT2D eigenvalue weighted by molar-refractivity contribution is 8.09. The molecule has 0 saturated carbocycles. The third-order valence-electron chi connectivity index (χ3n) is 5.58. The van der Waals surface area contributed by atoms with Crippen LogP contribution < -0.4 is 5.32 Å². The van der Waals surface area contributed by atoms with Gasteiger partial charge in [-0.3, -0.25) is 4.79 Å². The number of rotatable bonds is 8. The maximum Gasteiger partial charge on any atom is 0.262 e. The Morgan fingerprint density at radius 3 is 2.03 bits per heavy atom. The molecular weight excluding hydrogens is 497 g/mol. The van der Waals surface area contributed by atoms with Gasteiger partial charge < -0.3 is 5.32 Å². The number of hydrogen-bond donors (Lipinski definition) is 1. The Kier molecular flexibility index (Phi) is 7.18. The summed E-state index contributed by atoms with van der Waals surface area (Å²) in [5.41, 5.74) is -0.314. The second-order valence-electron chi connectivity index (χ2n) is 8.12. The number of aryl methyl sites for hydroxylation is 2. The Labute approximate surface area is 192 Å². The quantitative estimate of drug-likeness (QED) is 0.546. The van der Waals surface area contributed by atoms with Crippen molar-refractivity contribution in [3.63, 3.8) is 0 Å². The van der Waals surface area contributed by atoms with E-state index in [0.717, 1.165) is 30.4 Å². The molecule has 1 unspecified atom stereocenters. The van der Waals surface area contributed by atoms with Crippen molar-refractivity contribution in [1.29, 1.82) is 0 Å². The van der Waals surface area contributed by atoms with E-state index in [-0.39, 0.29) is 22.5 Å². The van der Waals surface area contributed by atoms with E-state index in [1.165, 1.54) is 38.2 Å². The van der Waals surface area contributed by atoms with Crippen molar-refractivity contribution in [3.8, 4) is 0 Å². The minimum atomic E-state index is -4.27. The summed E-state index contributed by atoms with van der Waals surface area (Å²) in [6, 6.07) is 5.63. The van der Waals surface area contributed by atoms with E-state index >= 15 is 0 Å². The molecule has 0 aliphatic rings. The van der Waals surface area contributed by atoms with Crippen LogP contribution in [-0.2, 0) is 36.6 Å². The number of nitrogens with one attached hydrogen (secondary N) is 1. The number of hydrogen-bond acceptors (Lipinski definition) is 8. The summed E-state index contributed by atoms with van der Waals surface area (Å²) in [6.45, 7) is 2.37. The summed E-state index contributed by atoms with van der Waals surface area (Å²) in [6.07, 6.45) is 1.47. The SMILES string of the molecule is Cc1nn(C)c(F)c1C(=O)Nc1ccccc1C(CC(C)(S(C)(=O)=O)S(C)(=O)=O)S(C)(=O)=O. The number of aromatic nitrogens is 2. The molecule has 2 aromatic rings. The lowest BCUT2D eigenvalue weighted by Crippen LogP contribution is -2.44. The molecule has 0 aliphatic carbocycles. The summed E-state index contributed by atoms with van der Waals surface area (Å²) < 4.78 is 87.9. The maximum atomic E-state index is 14.3. The van der Waals surface area contributed by atoms with Crippen LogP contribution in [0.5, 0.6) is 0 Å². The van der Waals surface area contributed by atoms with E-state index in [2.05, 4.69) is 10.4 Å². The van der Waals surface area contributed by atoms with Crippen molar-refractivity contribution in [3.05, 3.63) is 47.0 Å². The molecule has 0 bridgehead atoms. The number of nitrogens with zero attached hydrogens (tertiary/aromatic N) is 2. The van der Waals surface area contributed by atoms with Gasteiger partial charge in [0.2, 0.25) is 5.95 Å². The first-order valence-electron chi connectivity index (χ1n) is 9.48. The third kappa shape index (κ3) is 5.27. The van der Waals surface area contributed by atoms with E-state index in [9.17, 15) is 34.4 Å².